The van der Waals surface area contributed by atoms with E-state index in [0.717, 1.165) is 48.8 Å². The molecule has 67 heavy (non-hydrogen) atoms. The number of halogens is 4. The number of urea groups is 2. The van der Waals surface area contributed by atoms with Gasteiger partial charge >= 0.3 is 24.1 Å². The summed E-state index contributed by atoms with van der Waals surface area (Å²) in [4.78, 5) is 82.2. The lowest BCUT2D eigenvalue weighted by atomic mass is 9.98. The summed E-state index contributed by atoms with van der Waals surface area (Å²) in [6.07, 6.45) is 11.2. The minimum absolute atomic E-state index is 0.0561. The van der Waals surface area contributed by atoms with Gasteiger partial charge < -0.3 is 45.2 Å². The number of H-pyrrole nitrogens is 2. The first-order chi connectivity index (χ1) is 32.4. The Balaban J connectivity index is 0.000000199. The van der Waals surface area contributed by atoms with Crippen LogP contribution >= 0.6 is 23.2 Å². The summed E-state index contributed by atoms with van der Waals surface area (Å²) in [5.74, 6) is -0.667. The predicted octanol–water partition coefficient (Wildman–Crippen LogP) is 7.01. The van der Waals surface area contributed by atoms with E-state index in [2.05, 4.69) is 61.1 Å². The van der Waals surface area contributed by atoms with Crippen molar-refractivity contribution >= 4 is 81.0 Å². The van der Waals surface area contributed by atoms with Crippen LogP contribution in [0.3, 0.4) is 0 Å². The predicted molar refractivity (Wildman–Crippen MR) is 245 cm³/mol. The first kappa shape index (κ1) is 48.0. The number of piperidine rings is 2. The lowest BCUT2D eigenvalue weighted by Gasteiger charge is -2.32. The number of alkyl carbamates (subject to hydrolysis) is 1. The van der Waals surface area contributed by atoms with Crippen LogP contribution in [0, 0.1) is 23.5 Å². The van der Waals surface area contributed by atoms with E-state index in [1.807, 2.05) is 0 Å². The molecular formula is C43H48Cl2F2N14O6. The summed E-state index contributed by atoms with van der Waals surface area (Å²) in [6, 6.07) is 2.67. The van der Waals surface area contributed by atoms with Crippen molar-refractivity contribution in [3.8, 4) is 22.8 Å². The number of esters is 1. The zero-order valence-corrected chi connectivity index (χ0v) is 38.0. The van der Waals surface area contributed by atoms with Crippen LogP contribution in [0.2, 0.25) is 10.0 Å². The fraction of sp³-hybridized carbons (Fsp3) is 0.395. The Bertz CT molecular complexity index is 2730. The van der Waals surface area contributed by atoms with E-state index in [-0.39, 0.29) is 49.3 Å². The van der Waals surface area contributed by atoms with Crippen LogP contribution in [0.4, 0.5) is 34.8 Å². The number of pyridine rings is 2. The van der Waals surface area contributed by atoms with Crippen molar-refractivity contribution in [3.05, 3.63) is 71.0 Å². The van der Waals surface area contributed by atoms with Crippen LogP contribution in [-0.4, -0.2) is 133 Å². The second-order valence-corrected chi connectivity index (χ2v) is 16.4. The molecule has 0 radical (unpaired) electrons. The molecule has 0 saturated carbocycles. The molecule has 2 fully saturated rings. The van der Waals surface area contributed by atoms with Crippen LogP contribution in [0.15, 0.2) is 49.3 Å². The molecular weight excluding hydrogens is 917 g/mol. The molecule has 2 unspecified atom stereocenters. The number of anilines is 2. The van der Waals surface area contributed by atoms with E-state index < -0.39 is 29.7 Å². The number of hydrogen-bond donors (Lipinski definition) is 6. The highest BCUT2D eigenvalue weighted by atomic mass is 35.5. The van der Waals surface area contributed by atoms with Gasteiger partial charge in [0.25, 0.3) is 0 Å². The summed E-state index contributed by atoms with van der Waals surface area (Å²) in [6.45, 7) is 6.49. The number of imide groups is 1. The van der Waals surface area contributed by atoms with Crippen molar-refractivity contribution in [1.29, 1.82) is 0 Å². The minimum atomic E-state index is -0.771. The van der Waals surface area contributed by atoms with Crippen LogP contribution in [0.5, 0.6) is 0 Å². The molecule has 8 heterocycles. The maximum Gasteiger partial charge on any atom is 0.415 e. The van der Waals surface area contributed by atoms with Gasteiger partial charge in [0.1, 0.15) is 17.8 Å². The zero-order chi connectivity index (χ0) is 47.5. The SMILES string of the molecule is CCOC(=O)CNC(=O)N1CCCC(CNc2nc(-c3c[nH]c4ncc(Cl)cc34)ncc2F)C1.CCOC(=O)NC(=O)N1CCCC(CNc2nc(-c3c[nH]c4ncc(Cl)cc34)ncc2F)C1. The Labute approximate surface area is 392 Å². The fourth-order valence-corrected chi connectivity index (χ4v) is 8.00. The molecule has 2 atom stereocenters. The Morgan fingerprint density at radius 3 is 1.70 bits per heavy atom. The van der Waals surface area contributed by atoms with Crippen molar-refractivity contribution in [2.45, 2.75) is 39.5 Å². The molecule has 2 aliphatic rings. The molecule has 0 spiro atoms. The number of amides is 5. The molecule has 2 aliphatic heterocycles. The lowest BCUT2D eigenvalue weighted by Crippen LogP contribution is -2.48. The van der Waals surface area contributed by atoms with E-state index in [1.54, 1.807) is 48.2 Å². The zero-order valence-electron chi connectivity index (χ0n) is 36.5. The number of aromatic nitrogens is 8. The quantitative estimate of drug-likeness (QED) is 0.0676. The van der Waals surface area contributed by atoms with Crippen LogP contribution in [0.1, 0.15) is 39.5 Å². The summed E-state index contributed by atoms with van der Waals surface area (Å²) in [7, 11) is 0. The number of aromatic amines is 2. The molecule has 354 valence electrons. The molecule has 8 rings (SSSR count). The second-order valence-electron chi connectivity index (χ2n) is 15.6. The standard InChI is InChI=1S/C22H25ClFN7O3.C21H23ClFN7O3/c1-2-34-18(32)11-29-22(33)31-5-3-4-13(12-31)7-25-21-17(24)10-28-20(30-21)16-9-27-19-15(16)6-14(23)8-26-19;1-2-33-21(32)29-20(31)30-5-3-4-12(11-30)7-24-19-16(23)10-27-18(28-19)15-9-26-17-14(15)6-13(22)8-25-17/h6,8-10,13H,2-5,7,11-12H2,1H3,(H,26,27)(H,29,33)(H,25,28,30);6,8-10,12H,2-5,7,11H2,1H3,(H,25,26)(H,24,27,28)(H,29,31,32). The Morgan fingerprint density at radius 2 is 1.21 bits per heavy atom. The van der Waals surface area contributed by atoms with E-state index in [1.165, 1.54) is 12.4 Å². The van der Waals surface area contributed by atoms with Gasteiger partial charge in [-0.2, -0.15) is 0 Å². The summed E-state index contributed by atoms with van der Waals surface area (Å²) >= 11 is 12.1. The largest absolute Gasteiger partial charge is 0.465 e. The van der Waals surface area contributed by atoms with Gasteiger partial charge in [-0.05, 0) is 63.5 Å². The van der Waals surface area contributed by atoms with Gasteiger partial charge in [-0.1, -0.05) is 23.2 Å². The van der Waals surface area contributed by atoms with Crippen LogP contribution in [0.25, 0.3) is 44.8 Å². The highest BCUT2D eigenvalue weighted by Gasteiger charge is 2.27. The van der Waals surface area contributed by atoms with E-state index in [0.29, 0.717) is 83.4 Å². The molecule has 24 heteroatoms. The number of nitrogens with one attached hydrogen (secondary N) is 6. The van der Waals surface area contributed by atoms with Gasteiger partial charge in [-0.25, -0.2) is 58.4 Å². The van der Waals surface area contributed by atoms with E-state index in [9.17, 15) is 28.0 Å². The Hall–Kier alpha value is -6.94. The average Bonchev–Trinajstić information content (AvgIpc) is 3.95. The monoisotopic (exact) mass is 964 g/mol. The lowest BCUT2D eigenvalue weighted by molar-refractivity contribution is -0.141. The van der Waals surface area contributed by atoms with Crippen molar-refractivity contribution in [2.24, 2.45) is 11.8 Å². The molecule has 5 amide bonds. The Kier molecular flexibility index (Phi) is 16.1. The molecule has 0 aromatic carbocycles. The van der Waals surface area contributed by atoms with Crippen molar-refractivity contribution in [2.75, 3.05) is 69.7 Å². The normalized spacial score (nSPS) is 15.9. The highest BCUT2D eigenvalue weighted by Crippen LogP contribution is 2.30. The number of ether oxygens (including phenoxy) is 2. The van der Waals surface area contributed by atoms with Gasteiger partial charge in [-0.15, -0.1) is 0 Å². The van der Waals surface area contributed by atoms with Crippen molar-refractivity contribution in [1.82, 2.24) is 60.3 Å². The smallest absolute Gasteiger partial charge is 0.415 e. The molecule has 2 saturated heterocycles. The van der Waals surface area contributed by atoms with Crippen LogP contribution < -0.4 is 21.3 Å². The first-order valence-electron chi connectivity index (χ1n) is 21.6. The average molecular weight is 966 g/mol. The van der Waals surface area contributed by atoms with E-state index >= 15 is 0 Å². The maximum atomic E-state index is 14.4. The van der Waals surface area contributed by atoms with Gasteiger partial charge in [0.2, 0.25) is 0 Å². The van der Waals surface area contributed by atoms with Crippen molar-refractivity contribution in [3.63, 3.8) is 0 Å². The topological polar surface area (TPSA) is 250 Å². The molecule has 20 nitrogen and oxygen atoms in total. The van der Waals surface area contributed by atoms with Crippen molar-refractivity contribution < 1.29 is 37.4 Å². The second kappa shape index (κ2) is 22.5. The number of fused-ring (bicyclic) bond motifs is 2. The van der Waals surface area contributed by atoms with Gasteiger partial charge in [0.05, 0.1) is 35.7 Å². The number of nitrogens with zero attached hydrogens (tertiary/aromatic N) is 8. The number of likely N-dealkylation sites (tertiary alicyclic amines) is 2. The fourth-order valence-electron chi connectivity index (χ4n) is 7.69. The third kappa shape index (κ3) is 12.5. The number of rotatable bonds is 12. The third-order valence-corrected chi connectivity index (χ3v) is 11.3. The summed E-state index contributed by atoms with van der Waals surface area (Å²) in [5.41, 5.74) is 2.57. The third-order valence-electron chi connectivity index (χ3n) is 10.9. The van der Waals surface area contributed by atoms with Gasteiger partial charge in [-0.3, -0.25) is 4.79 Å². The summed E-state index contributed by atoms with van der Waals surface area (Å²) < 4.78 is 38.4. The number of carbonyl (C=O) groups is 4. The highest BCUT2D eigenvalue weighted by molar-refractivity contribution is 6.31. The first-order valence-corrected chi connectivity index (χ1v) is 22.3. The summed E-state index contributed by atoms with van der Waals surface area (Å²) in [5, 5.41) is 13.3. The number of carbonyl (C=O) groups excluding carboxylic acids is 4. The minimum Gasteiger partial charge on any atom is -0.465 e. The molecule has 0 bridgehead atoms. The molecule has 6 aromatic heterocycles. The molecule has 0 aliphatic carbocycles. The van der Waals surface area contributed by atoms with Gasteiger partial charge in [0, 0.05) is 86.0 Å². The molecule has 6 N–H and O–H groups in total. The Morgan fingerprint density at radius 1 is 0.716 bits per heavy atom. The van der Waals surface area contributed by atoms with Crippen LogP contribution in [-0.2, 0) is 14.3 Å². The maximum absolute atomic E-state index is 14.4. The molecule has 6 aromatic rings. The van der Waals surface area contributed by atoms with Gasteiger partial charge in [0.15, 0.2) is 34.9 Å². The number of hydrogen-bond acceptors (Lipinski definition) is 14. The van der Waals surface area contributed by atoms with E-state index in [4.69, 9.17) is 32.7 Å².